The zero-order valence-electron chi connectivity index (χ0n) is 9.28. The molecule has 1 saturated heterocycles. The molecule has 1 amide bonds. The summed E-state index contributed by atoms with van der Waals surface area (Å²) >= 11 is 0. The number of rotatable bonds is 1. The molecular formula is C13H16N2O. The molecule has 3 rings (SSSR count). The van der Waals surface area contributed by atoms with Gasteiger partial charge in [0.15, 0.2) is 0 Å². The second-order valence-electron chi connectivity index (χ2n) is 4.65. The molecule has 2 aliphatic rings. The van der Waals surface area contributed by atoms with Gasteiger partial charge in [0.05, 0.1) is 5.92 Å². The fourth-order valence-corrected chi connectivity index (χ4v) is 2.61. The van der Waals surface area contributed by atoms with Crippen LogP contribution in [0.4, 0.5) is 0 Å². The highest BCUT2D eigenvalue weighted by Gasteiger charge is 2.30. The summed E-state index contributed by atoms with van der Waals surface area (Å²) in [5.74, 6) is 0.524. The van der Waals surface area contributed by atoms with Crippen LogP contribution in [0.2, 0.25) is 0 Å². The molecule has 3 heteroatoms. The Balaban J connectivity index is 1.73. The van der Waals surface area contributed by atoms with E-state index in [1.807, 2.05) is 17.0 Å². The first-order valence-electron chi connectivity index (χ1n) is 5.91. The van der Waals surface area contributed by atoms with Crippen LogP contribution in [-0.4, -0.2) is 23.9 Å². The highest BCUT2D eigenvalue weighted by atomic mass is 16.2. The van der Waals surface area contributed by atoms with Crippen LogP contribution in [-0.2, 0) is 17.9 Å². The Labute approximate surface area is 95.4 Å². The molecule has 0 spiro atoms. The van der Waals surface area contributed by atoms with E-state index >= 15 is 0 Å². The lowest BCUT2D eigenvalue weighted by Crippen LogP contribution is -2.33. The molecule has 2 heterocycles. The summed E-state index contributed by atoms with van der Waals surface area (Å²) in [6, 6.07) is 8.33. The maximum atomic E-state index is 12.2. The molecule has 1 fully saturated rings. The predicted molar refractivity (Wildman–Crippen MR) is 61.7 cm³/mol. The second kappa shape index (κ2) is 3.91. The van der Waals surface area contributed by atoms with Gasteiger partial charge in [-0.1, -0.05) is 24.3 Å². The third kappa shape index (κ3) is 1.61. The lowest BCUT2D eigenvalue weighted by Gasteiger charge is -2.19. The van der Waals surface area contributed by atoms with Crippen LogP contribution in [0.5, 0.6) is 0 Å². The molecule has 0 aromatic heterocycles. The molecule has 84 valence electrons. The van der Waals surface area contributed by atoms with E-state index < -0.39 is 0 Å². The predicted octanol–water partition coefficient (Wildman–Crippen LogP) is 1.14. The molecule has 0 bridgehead atoms. The van der Waals surface area contributed by atoms with Crippen molar-refractivity contribution < 1.29 is 4.79 Å². The Morgan fingerprint density at radius 2 is 1.94 bits per heavy atom. The number of nitrogens with zero attached hydrogens (tertiary/aromatic N) is 1. The highest BCUT2D eigenvalue weighted by Crippen LogP contribution is 2.24. The molecule has 1 N–H and O–H groups in total. The summed E-state index contributed by atoms with van der Waals surface area (Å²) in [5.41, 5.74) is 2.61. The summed E-state index contributed by atoms with van der Waals surface area (Å²) in [4.78, 5) is 14.2. The van der Waals surface area contributed by atoms with Gasteiger partial charge in [-0.3, -0.25) is 4.79 Å². The van der Waals surface area contributed by atoms with Crippen molar-refractivity contribution in [2.45, 2.75) is 19.5 Å². The summed E-state index contributed by atoms with van der Waals surface area (Å²) in [7, 11) is 0. The summed E-state index contributed by atoms with van der Waals surface area (Å²) in [6.45, 7) is 3.43. The molecule has 0 unspecified atom stereocenters. The van der Waals surface area contributed by atoms with Gasteiger partial charge in [-0.2, -0.15) is 0 Å². The van der Waals surface area contributed by atoms with E-state index in [1.165, 1.54) is 11.1 Å². The first-order chi connectivity index (χ1) is 7.84. The summed E-state index contributed by atoms with van der Waals surface area (Å²) in [5, 5.41) is 3.25. The summed E-state index contributed by atoms with van der Waals surface area (Å²) < 4.78 is 0. The van der Waals surface area contributed by atoms with E-state index in [2.05, 4.69) is 17.4 Å². The minimum Gasteiger partial charge on any atom is -0.334 e. The number of carbonyl (C=O) groups is 1. The van der Waals surface area contributed by atoms with Crippen LogP contribution in [0.15, 0.2) is 24.3 Å². The molecule has 3 nitrogen and oxygen atoms in total. The van der Waals surface area contributed by atoms with Crippen LogP contribution < -0.4 is 5.32 Å². The number of carbonyl (C=O) groups excluding carboxylic acids is 1. The number of amides is 1. The monoisotopic (exact) mass is 216 g/mol. The van der Waals surface area contributed by atoms with Crippen LogP contribution in [0.1, 0.15) is 17.5 Å². The minimum absolute atomic E-state index is 0.203. The highest BCUT2D eigenvalue weighted by molar-refractivity contribution is 5.80. The Morgan fingerprint density at radius 1 is 1.25 bits per heavy atom. The van der Waals surface area contributed by atoms with E-state index in [0.29, 0.717) is 5.91 Å². The van der Waals surface area contributed by atoms with E-state index in [4.69, 9.17) is 0 Å². The molecule has 1 atom stereocenters. The Morgan fingerprint density at radius 3 is 2.50 bits per heavy atom. The molecule has 0 aliphatic carbocycles. The van der Waals surface area contributed by atoms with E-state index in [0.717, 1.165) is 32.6 Å². The summed E-state index contributed by atoms with van der Waals surface area (Å²) in [6.07, 6.45) is 0.992. The molecule has 2 aliphatic heterocycles. The van der Waals surface area contributed by atoms with Crippen molar-refractivity contribution in [1.29, 1.82) is 0 Å². The minimum atomic E-state index is 0.203. The second-order valence-corrected chi connectivity index (χ2v) is 4.65. The average Bonchev–Trinajstić information content (AvgIpc) is 2.97. The Kier molecular flexibility index (Phi) is 2.40. The van der Waals surface area contributed by atoms with Gasteiger partial charge in [0.25, 0.3) is 0 Å². The van der Waals surface area contributed by atoms with Crippen LogP contribution in [0, 0.1) is 5.92 Å². The smallest absolute Gasteiger partial charge is 0.227 e. The number of benzene rings is 1. The molecular weight excluding hydrogens is 200 g/mol. The zero-order chi connectivity index (χ0) is 11.0. The van der Waals surface area contributed by atoms with Gasteiger partial charge < -0.3 is 10.2 Å². The fraction of sp³-hybridized carbons (Fsp3) is 0.462. The first-order valence-corrected chi connectivity index (χ1v) is 5.91. The van der Waals surface area contributed by atoms with E-state index in [9.17, 15) is 4.79 Å². The SMILES string of the molecule is O=C([C@@H]1CCNC1)N1Cc2ccccc2C1. The normalized spacial score (nSPS) is 23.5. The maximum absolute atomic E-state index is 12.2. The third-order valence-corrected chi connectivity index (χ3v) is 3.56. The standard InChI is InChI=1S/C13H16N2O/c16-13(10-5-6-14-7-10)15-8-11-3-1-2-4-12(11)9-15/h1-4,10,14H,5-9H2/t10-/m1/s1. The molecule has 1 aromatic carbocycles. The van der Waals surface area contributed by atoms with Crippen molar-refractivity contribution in [1.82, 2.24) is 10.2 Å². The fourth-order valence-electron chi connectivity index (χ4n) is 2.61. The Bertz CT molecular complexity index is 385. The van der Waals surface area contributed by atoms with Crippen molar-refractivity contribution in [3.63, 3.8) is 0 Å². The maximum Gasteiger partial charge on any atom is 0.227 e. The van der Waals surface area contributed by atoms with E-state index in [-0.39, 0.29) is 5.92 Å². The van der Waals surface area contributed by atoms with Gasteiger partial charge in [-0.15, -0.1) is 0 Å². The first kappa shape index (κ1) is 9.85. The topological polar surface area (TPSA) is 32.3 Å². The van der Waals surface area contributed by atoms with Crippen molar-refractivity contribution >= 4 is 5.91 Å². The van der Waals surface area contributed by atoms with Crippen LogP contribution >= 0.6 is 0 Å². The van der Waals surface area contributed by atoms with Gasteiger partial charge in [0, 0.05) is 19.6 Å². The Hall–Kier alpha value is -1.35. The van der Waals surface area contributed by atoms with Crippen molar-refractivity contribution in [2.75, 3.05) is 13.1 Å². The van der Waals surface area contributed by atoms with Gasteiger partial charge in [0.1, 0.15) is 0 Å². The van der Waals surface area contributed by atoms with E-state index in [1.54, 1.807) is 0 Å². The van der Waals surface area contributed by atoms with Crippen molar-refractivity contribution in [3.05, 3.63) is 35.4 Å². The van der Waals surface area contributed by atoms with Crippen molar-refractivity contribution in [3.8, 4) is 0 Å². The number of hydrogen-bond donors (Lipinski definition) is 1. The van der Waals surface area contributed by atoms with Crippen molar-refractivity contribution in [2.24, 2.45) is 5.92 Å². The average molecular weight is 216 g/mol. The van der Waals surface area contributed by atoms with Gasteiger partial charge in [-0.25, -0.2) is 0 Å². The third-order valence-electron chi connectivity index (χ3n) is 3.56. The molecule has 0 saturated carbocycles. The molecule has 0 radical (unpaired) electrons. The van der Waals surface area contributed by atoms with Crippen LogP contribution in [0.3, 0.4) is 0 Å². The van der Waals surface area contributed by atoms with Gasteiger partial charge >= 0.3 is 0 Å². The number of fused-ring (bicyclic) bond motifs is 1. The lowest BCUT2D eigenvalue weighted by molar-refractivity contribution is -0.135. The number of hydrogen-bond acceptors (Lipinski definition) is 2. The van der Waals surface area contributed by atoms with Crippen LogP contribution in [0.25, 0.3) is 0 Å². The number of nitrogens with one attached hydrogen (secondary N) is 1. The molecule has 1 aromatic rings. The largest absolute Gasteiger partial charge is 0.334 e. The van der Waals surface area contributed by atoms with Gasteiger partial charge in [-0.05, 0) is 24.1 Å². The quantitative estimate of drug-likeness (QED) is 0.763. The lowest BCUT2D eigenvalue weighted by atomic mass is 10.1. The zero-order valence-corrected chi connectivity index (χ0v) is 9.28. The van der Waals surface area contributed by atoms with Gasteiger partial charge in [0.2, 0.25) is 5.91 Å². The molecule has 16 heavy (non-hydrogen) atoms.